The van der Waals surface area contributed by atoms with E-state index in [2.05, 4.69) is 0 Å². The van der Waals surface area contributed by atoms with Gasteiger partial charge in [-0.1, -0.05) is 36.1 Å². The van der Waals surface area contributed by atoms with Gasteiger partial charge in [-0.05, 0) is 42.8 Å². The zero-order valence-electron chi connectivity index (χ0n) is 12.7. The summed E-state index contributed by atoms with van der Waals surface area (Å²) in [6.07, 6.45) is 3.14. The zero-order valence-corrected chi connectivity index (χ0v) is 14.4. The Morgan fingerprint density at radius 3 is 2.88 bits per heavy atom. The van der Waals surface area contributed by atoms with Crippen molar-refractivity contribution in [1.29, 1.82) is 0 Å². The van der Waals surface area contributed by atoms with Crippen molar-refractivity contribution >= 4 is 46.3 Å². The number of carbonyl (C=O) groups excluding carboxylic acids is 2. The van der Waals surface area contributed by atoms with Crippen LogP contribution in [0.3, 0.4) is 0 Å². The van der Waals surface area contributed by atoms with Crippen molar-refractivity contribution in [2.45, 2.75) is 6.92 Å². The maximum absolute atomic E-state index is 12.2. The fourth-order valence-electron chi connectivity index (χ4n) is 2.14. The third-order valence-electron chi connectivity index (χ3n) is 3.28. The van der Waals surface area contributed by atoms with E-state index in [-0.39, 0.29) is 11.7 Å². The van der Waals surface area contributed by atoms with Crippen LogP contribution in [0.1, 0.15) is 23.0 Å². The van der Waals surface area contributed by atoms with E-state index in [9.17, 15) is 9.59 Å². The van der Waals surface area contributed by atoms with E-state index in [4.69, 9.17) is 21.4 Å². The van der Waals surface area contributed by atoms with Gasteiger partial charge in [0.05, 0.1) is 11.2 Å². The fourth-order valence-corrected chi connectivity index (χ4v) is 3.53. The van der Waals surface area contributed by atoms with E-state index in [1.165, 1.54) is 24.1 Å². The Morgan fingerprint density at radius 1 is 1.38 bits per heavy atom. The molecule has 0 radical (unpaired) electrons. The highest BCUT2D eigenvalue weighted by Gasteiger charge is 2.30. The standard InChI is InChI=1S/C17H13NO4S2/c1-2-18-15(19)14(24-17(18)23)10-11-5-3-6-12(9-11)22-16(20)13-7-4-8-21-13/h3-10H,2H2,1H3. The maximum atomic E-state index is 12.2. The van der Waals surface area contributed by atoms with Gasteiger partial charge in [0, 0.05) is 6.54 Å². The topological polar surface area (TPSA) is 59.8 Å². The minimum Gasteiger partial charge on any atom is -0.457 e. The molecule has 2 heterocycles. The number of esters is 1. The summed E-state index contributed by atoms with van der Waals surface area (Å²) in [7, 11) is 0. The molecule has 2 aromatic rings. The molecule has 0 unspecified atom stereocenters. The molecular formula is C17H13NO4S2. The Kier molecular flexibility index (Phi) is 4.82. The summed E-state index contributed by atoms with van der Waals surface area (Å²) < 4.78 is 10.8. The second kappa shape index (κ2) is 7.02. The lowest BCUT2D eigenvalue weighted by Crippen LogP contribution is -2.27. The summed E-state index contributed by atoms with van der Waals surface area (Å²) >= 11 is 6.45. The number of rotatable bonds is 4. The Labute approximate surface area is 148 Å². The smallest absolute Gasteiger partial charge is 0.379 e. The summed E-state index contributed by atoms with van der Waals surface area (Å²) in [4.78, 5) is 26.2. The lowest BCUT2D eigenvalue weighted by atomic mass is 10.2. The van der Waals surface area contributed by atoms with Crippen LogP contribution in [-0.4, -0.2) is 27.6 Å². The molecule has 1 aliphatic heterocycles. The van der Waals surface area contributed by atoms with Gasteiger partial charge in [0.15, 0.2) is 0 Å². The lowest BCUT2D eigenvalue weighted by molar-refractivity contribution is -0.121. The first kappa shape index (κ1) is 16.5. The highest BCUT2D eigenvalue weighted by Crippen LogP contribution is 2.32. The summed E-state index contributed by atoms with van der Waals surface area (Å²) in [5, 5.41) is 0. The summed E-state index contributed by atoms with van der Waals surface area (Å²) in [5.41, 5.74) is 0.747. The molecule has 1 aromatic carbocycles. The first-order valence-corrected chi connectivity index (χ1v) is 8.42. The molecule has 0 saturated carbocycles. The number of benzene rings is 1. The van der Waals surface area contributed by atoms with Crippen LogP contribution >= 0.6 is 24.0 Å². The van der Waals surface area contributed by atoms with Crippen molar-refractivity contribution in [3.63, 3.8) is 0 Å². The number of thioether (sulfide) groups is 1. The summed E-state index contributed by atoms with van der Waals surface area (Å²) in [6, 6.07) is 10.1. The number of nitrogens with zero attached hydrogens (tertiary/aromatic N) is 1. The van der Waals surface area contributed by atoms with Crippen LogP contribution in [0.4, 0.5) is 0 Å². The largest absolute Gasteiger partial charge is 0.457 e. The molecule has 24 heavy (non-hydrogen) atoms. The molecule has 0 spiro atoms. The number of thiocarbonyl (C=S) groups is 1. The average Bonchev–Trinajstić information content (AvgIpc) is 3.17. The Balaban J connectivity index is 1.79. The molecule has 0 N–H and O–H groups in total. The molecule has 0 aliphatic carbocycles. The molecule has 0 bridgehead atoms. The number of ether oxygens (including phenoxy) is 1. The first-order chi connectivity index (χ1) is 11.6. The predicted molar refractivity (Wildman–Crippen MR) is 95.7 cm³/mol. The number of likely N-dealkylation sites (N-methyl/N-ethyl adjacent to an activating group) is 1. The molecule has 1 aromatic heterocycles. The Hall–Kier alpha value is -2.38. The number of furan rings is 1. The van der Waals surface area contributed by atoms with Gasteiger partial charge >= 0.3 is 5.97 Å². The van der Waals surface area contributed by atoms with Gasteiger partial charge in [-0.15, -0.1) is 0 Å². The second-order valence-electron chi connectivity index (χ2n) is 4.87. The Morgan fingerprint density at radius 2 is 2.21 bits per heavy atom. The molecule has 1 amide bonds. The molecule has 3 rings (SSSR count). The van der Waals surface area contributed by atoms with E-state index in [0.29, 0.717) is 21.5 Å². The van der Waals surface area contributed by atoms with Crippen molar-refractivity contribution in [2.24, 2.45) is 0 Å². The van der Waals surface area contributed by atoms with Gasteiger partial charge in [0.25, 0.3) is 5.91 Å². The predicted octanol–water partition coefficient (Wildman–Crippen LogP) is 3.72. The van der Waals surface area contributed by atoms with Gasteiger partial charge in [0.1, 0.15) is 10.1 Å². The van der Waals surface area contributed by atoms with Gasteiger partial charge in [0.2, 0.25) is 5.76 Å². The van der Waals surface area contributed by atoms with Crippen LogP contribution in [0.25, 0.3) is 6.08 Å². The number of carbonyl (C=O) groups is 2. The lowest BCUT2D eigenvalue weighted by Gasteiger charge is -2.09. The van der Waals surface area contributed by atoms with Crippen LogP contribution in [-0.2, 0) is 4.79 Å². The van der Waals surface area contributed by atoms with Crippen molar-refractivity contribution in [2.75, 3.05) is 6.54 Å². The maximum Gasteiger partial charge on any atom is 0.379 e. The van der Waals surface area contributed by atoms with E-state index >= 15 is 0 Å². The minimum atomic E-state index is -0.575. The van der Waals surface area contributed by atoms with Gasteiger partial charge in [-0.2, -0.15) is 0 Å². The van der Waals surface area contributed by atoms with Crippen molar-refractivity contribution < 1.29 is 18.7 Å². The number of hydrogen-bond donors (Lipinski definition) is 0. The SMILES string of the molecule is CCN1C(=O)C(=Cc2cccc(OC(=O)c3ccco3)c2)SC1=S. The molecule has 1 fully saturated rings. The first-order valence-electron chi connectivity index (χ1n) is 7.19. The quantitative estimate of drug-likeness (QED) is 0.359. The molecule has 122 valence electrons. The minimum absolute atomic E-state index is 0.106. The van der Waals surface area contributed by atoms with E-state index in [1.807, 2.05) is 13.0 Å². The van der Waals surface area contributed by atoms with Crippen LogP contribution in [0.5, 0.6) is 5.75 Å². The average molecular weight is 359 g/mol. The fraction of sp³-hybridized carbons (Fsp3) is 0.118. The van der Waals surface area contributed by atoms with Gasteiger partial charge < -0.3 is 9.15 Å². The summed E-state index contributed by atoms with van der Waals surface area (Å²) in [6.45, 7) is 2.42. The van der Waals surface area contributed by atoms with Crippen LogP contribution in [0.2, 0.25) is 0 Å². The number of hydrogen-bond acceptors (Lipinski definition) is 6. The van der Waals surface area contributed by atoms with Crippen LogP contribution in [0, 0.1) is 0 Å². The van der Waals surface area contributed by atoms with Crippen LogP contribution in [0.15, 0.2) is 52.0 Å². The van der Waals surface area contributed by atoms with Gasteiger partial charge in [-0.25, -0.2) is 4.79 Å². The third kappa shape index (κ3) is 3.42. The van der Waals surface area contributed by atoms with Gasteiger partial charge in [-0.3, -0.25) is 9.69 Å². The second-order valence-corrected chi connectivity index (χ2v) is 6.54. The third-order valence-corrected chi connectivity index (χ3v) is 4.66. The normalized spacial score (nSPS) is 16.0. The van der Waals surface area contributed by atoms with E-state index in [1.54, 1.807) is 35.2 Å². The molecular weight excluding hydrogens is 346 g/mol. The molecule has 5 nitrogen and oxygen atoms in total. The highest BCUT2D eigenvalue weighted by molar-refractivity contribution is 8.26. The Bertz CT molecular complexity index is 827. The van der Waals surface area contributed by atoms with Crippen LogP contribution < -0.4 is 4.74 Å². The molecule has 0 atom stereocenters. The van der Waals surface area contributed by atoms with Crippen molar-refractivity contribution in [3.05, 3.63) is 58.9 Å². The molecule has 1 aliphatic rings. The summed E-state index contributed by atoms with van der Waals surface area (Å²) in [5.74, 6) is -0.180. The molecule has 7 heteroatoms. The van der Waals surface area contributed by atoms with Crippen molar-refractivity contribution in [1.82, 2.24) is 4.90 Å². The van der Waals surface area contributed by atoms with E-state index in [0.717, 1.165) is 5.56 Å². The highest BCUT2D eigenvalue weighted by atomic mass is 32.2. The van der Waals surface area contributed by atoms with Crippen molar-refractivity contribution in [3.8, 4) is 5.75 Å². The zero-order chi connectivity index (χ0) is 17.1. The monoisotopic (exact) mass is 359 g/mol. The number of amides is 1. The van der Waals surface area contributed by atoms with E-state index < -0.39 is 5.97 Å². The molecule has 1 saturated heterocycles.